The average molecular weight is 360 g/mol. The number of anilines is 1. The molecule has 0 spiro atoms. The number of rotatable bonds is 2. The molecule has 0 saturated heterocycles. The van der Waals surface area contributed by atoms with Gasteiger partial charge in [0.1, 0.15) is 5.82 Å². The number of aromatic nitrogens is 2. The van der Waals surface area contributed by atoms with Crippen molar-refractivity contribution < 1.29 is 9.18 Å². The number of benzene rings is 2. The maximum absolute atomic E-state index is 13.2. The molecule has 0 bridgehead atoms. The van der Waals surface area contributed by atoms with Crippen LogP contribution in [0.25, 0.3) is 11.0 Å². The van der Waals surface area contributed by atoms with Gasteiger partial charge in [-0.1, -0.05) is 11.6 Å². The summed E-state index contributed by atoms with van der Waals surface area (Å²) < 4.78 is 14.6. The summed E-state index contributed by atoms with van der Waals surface area (Å²) in [6, 6.07) is 7.46. The number of amides is 1. The minimum atomic E-state index is -0.677. The number of carbonyl (C=O) groups excluding carboxylic acids is 1. The first-order valence-electron chi connectivity index (χ1n) is 7.52. The predicted octanol–water partition coefficient (Wildman–Crippen LogP) is 3.60. The van der Waals surface area contributed by atoms with Crippen molar-refractivity contribution >= 4 is 34.2 Å². The number of aryl methyl sites for hydroxylation is 3. The topological polar surface area (TPSA) is 64.0 Å². The monoisotopic (exact) mass is 359 g/mol. The van der Waals surface area contributed by atoms with E-state index in [2.05, 4.69) is 10.3 Å². The van der Waals surface area contributed by atoms with Crippen molar-refractivity contribution in [3.8, 4) is 0 Å². The number of nitrogens with one attached hydrogen (secondary N) is 1. The Balaban J connectivity index is 2.06. The Bertz CT molecular complexity index is 1080. The third kappa shape index (κ3) is 3.13. The van der Waals surface area contributed by atoms with E-state index in [-0.39, 0.29) is 16.4 Å². The van der Waals surface area contributed by atoms with Crippen LogP contribution in [0.1, 0.15) is 21.6 Å². The van der Waals surface area contributed by atoms with E-state index >= 15 is 0 Å². The number of carbonyl (C=O) groups is 1. The van der Waals surface area contributed by atoms with Crippen LogP contribution in [0.15, 0.2) is 35.1 Å². The highest BCUT2D eigenvalue weighted by Crippen LogP contribution is 2.20. The molecule has 3 rings (SSSR count). The van der Waals surface area contributed by atoms with Crippen LogP contribution in [-0.2, 0) is 7.05 Å². The Kier molecular flexibility index (Phi) is 4.30. The molecule has 0 saturated carbocycles. The van der Waals surface area contributed by atoms with Gasteiger partial charge >= 0.3 is 0 Å². The van der Waals surface area contributed by atoms with Gasteiger partial charge in [-0.25, -0.2) is 9.37 Å². The van der Waals surface area contributed by atoms with Gasteiger partial charge in [0.2, 0.25) is 0 Å². The minimum absolute atomic E-state index is 0.122. The second-order valence-corrected chi connectivity index (χ2v) is 6.24. The molecule has 1 amide bonds. The maximum Gasteiger partial charge on any atom is 0.282 e. The fourth-order valence-corrected chi connectivity index (χ4v) is 2.67. The molecule has 0 aliphatic rings. The third-order valence-electron chi connectivity index (χ3n) is 4.08. The number of fused-ring (bicyclic) bond motifs is 1. The highest BCUT2D eigenvalue weighted by Gasteiger charge is 2.17. The van der Waals surface area contributed by atoms with Gasteiger partial charge in [-0.2, -0.15) is 0 Å². The molecular formula is C18H15ClFN3O2. The van der Waals surface area contributed by atoms with Gasteiger partial charge in [-0.3, -0.25) is 9.59 Å². The summed E-state index contributed by atoms with van der Waals surface area (Å²) in [7, 11) is 1.59. The summed E-state index contributed by atoms with van der Waals surface area (Å²) in [4.78, 5) is 29.2. The molecule has 1 aromatic heterocycles. The zero-order valence-corrected chi connectivity index (χ0v) is 14.6. The van der Waals surface area contributed by atoms with Crippen LogP contribution in [0.3, 0.4) is 0 Å². The minimum Gasteiger partial charge on any atom is -0.320 e. The van der Waals surface area contributed by atoms with Gasteiger partial charge in [-0.15, -0.1) is 0 Å². The molecule has 3 aromatic rings. The molecule has 1 N–H and O–H groups in total. The van der Waals surface area contributed by atoms with E-state index in [1.54, 1.807) is 7.05 Å². The fourth-order valence-electron chi connectivity index (χ4n) is 2.49. The number of hydrogen-bond acceptors (Lipinski definition) is 3. The van der Waals surface area contributed by atoms with Crippen molar-refractivity contribution in [2.45, 2.75) is 13.8 Å². The molecular weight excluding hydrogens is 345 g/mol. The van der Waals surface area contributed by atoms with Crippen LogP contribution in [0, 0.1) is 19.7 Å². The molecule has 0 radical (unpaired) electrons. The molecule has 0 unspecified atom stereocenters. The molecule has 1 heterocycles. The van der Waals surface area contributed by atoms with E-state index in [9.17, 15) is 14.0 Å². The van der Waals surface area contributed by atoms with Crippen LogP contribution < -0.4 is 10.9 Å². The van der Waals surface area contributed by atoms with Crippen molar-refractivity contribution in [3.05, 3.63) is 68.3 Å². The standard InChI is InChI=1S/C18H15ClFN3O2/c1-9-6-14-15(7-10(9)2)23(3)18(25)16(22-14)17(24)21-11-4-5-13(20)12(19)8-11/h4-8H,1-3H3,(H,21,24). The van der Waals surface area contributed by atoms with E-state index in [0.29, 0.717) is 11.0 Å². The molecule has 0 atom stereocenters. The van der Waals surface area contributed by atoms with Crippen LogP contribution in [0.2, 0.25) is 5.02 Å². The van der Waals surface area contributed by atoms with Crippen LogP contribution in [-0.4, -0.2) is 15.5 Å². The lowest BCUT2D eigenvalue weighted by atomic mass is 10.1. The lowest BCUT2D eigenvalue weighted by molar-refractivity contribution is 0.102. The average Bonchev–Trinajstić information content (AvgIpc) is 2.56. The smallest absolute Gasteiger partial charge is 0.282 e. The Morgan fingerprint density at radius 1 is 1.20 bits per heavy atom. The zero-order valence-electron chi connectivity index (χ0n) is 13.9. The maximum atomic E-state index is 13.2. The second-order valence-electron chi connectivity index (χ2n) is 5.83. The van der Waals surface area contributed by atoms with Crippen LogP contribution in [0.4, 0.5) is 10.1 Å². The summed E-state index contributed by atoms with van der Waals surface area (Å²) >= 11 is 5.70. The van der Waals surface area contributed by atoms with Gasteiger partial charge in [0, 0.05) is 12.7 Å². The summed E-state index contributed by atoms with van der Waals surface area (Å²) in [6.45, 7) is 3.87. The van der Waals surface area contributed by atoms with Crippen molar-refractivity contribution in [3.63, 3.8) is 0 Å². The molecule has 2 aromatic carbocycles. The van der Waals surface area contributed by atoms with Crippen LogP contribution >= 0.6 is 11.6 Å². The van der Waals surface area contributed by atoms with E-state index in [1.807, 2.05) is 26.0 Å². The largest absolute Gasteiger partial charge is 0.320 e. The molecule has 0 aliphatic heterocycles. The fraction of sp³-hybridized carbons (Fsp3) is 0.167. The number of nitrogens with zero attached hydrogens (tertiary/aromatic N) is 2. The second kappa shape index (κ2) is 6.29. The molecule has 128 valence electrons. The molecule has 5 nitrogen and oxygen atoms in total. The first-order valence-corrected chi connectivity index (χ1v) is 7.90. The van der Waals surface area contributed by atoms with E-state index in [1.165, 1.54) is 16.7 Å². The molecule has 7 heteroatoms. The van der Waals surface area contributed by atoms with Crippen molar-refractivity contribution in [1.29, 1.82) is 0 Å². The Labute approximate surface area is 148 Å². The SMILES string of the molecule is Cc1cc2nc(C(=O)Nc3ccc(F)c(Cl)c3)c(=O)n(C)c2cc1C. The molecule has 0 fully saturated rings. The van der Waals surface area contributed by atoms with Gasteiger partial charge < -0.3 is 9.88 Å². The first kappa shape index (κ1) is 17.1. The van der Waals surface area contributed by atoms with E-state index in [4.69, 9.17) is 11.6 Å². The summed E-state index contributed by atoms with van der Waals surface area (Å²) in [6.07, 6.45) is 0. The van der Waals surface area contributed by atoms with Gasteiger partial charge in [0.25, 0.3) is 11.5 Å². The number of hydrogen-bond donors (Lipinski definition) is 1. The Hall–Kier alpha value is -2.73. The summed E-state index contributed by atoms with van der Waals surface area (Å²) in [5, 5.41) is 2.40. The molecule has 0 aliphatic carbocycles. The Morgan fingerprint density at radius 2 is 1.88 bits per heavy atom. The Morgan fingerprint density at radius 3 is 2.56 bits per heavy atom. The predicted molar refractivity (Wildman–Crippen MR) is 95.8 cm³/mol. The van der Waals surface area contributed by atoms with Crippen molar-refractivity contribution in [2.24, 2.45) is 7.05 Å². The lowest BCUT2D eigenvalue weighted by Crippen LogP contribution is -2.29. The van der Waals surface area contributed by atoms with Gasteiger partial charge in [-0.05, 0) is 55.3 Å². The number of halogens is 2. The van der Waals surface area contributed by atoms with Gasteiger partial charge in [0.15, 0.2) is 5.69 Å². The first-order chi connectivity index (χ1) is 11.8. The highest BCUT2D eigenvalue weighted by molar-refractivity contribution is 6.31. The lowest BCUT2D eigenvalue weighted by Gasteiger charge is -2.11. The van der Waals surface area contributed by atoms with E-state index < -0.39 is 17.3 Å². The van der Waals surface area contributed by atoms with Crippen molar-refractivity contribution in [1.82, 2.24) is 9.55 Å². The normalized spacial score (nSPS) is 10.9. The highest BCUT2D eigenvalue weighted by atomic mass is 35.5. The quantitative estimate of drug-likeness (QED) is 0.760. The third-order valence-corrected chi connectivity index (χ3v) is 4.37. The summed E-state index contributed by atoms with van der Waals surface area (Å²) in [5.74, 6) is -1.27. The van der Waals surface area contributed by atoms with Crippen LogP contribution in [0.5, 0.6) is 0 Å². The van der Waals surface area contributed by atoms with E-state index in [0.717, 1.165) is 17.2 Å². The molecule has 25 heavy (non-hydrogen) atoms. The van der Waals surface area contributed by atoms with Crippen molar-refractivity contribution in [2.75, 3.05) is 5.32 Å². The van der Waals surface area contributed by atoms with Gasteiger partial charge in [0.05, 0.1) is 16.1 Å². The summed E-state index contributed by atoms with van der Waals surface area (Å²) in [5.41, 5.74) is 2.76. The zero-order chi connectivity index (χ0) is 18.3.